The minimum Gasteiger partial charge on any atom is -0.471 e. The van der Waals surface area contributed by atoms with Gasteiger partial charge in [-0.3, -0.25) is 4.79 Å². The van der Waals surface area contributed by atoms with E-state index < -0.39 is 19.0 Å². The van der Waals surface area contributed by atoms with Crippen LogP contribution < -0.4 is 15.4 Å². The summed E-state index contributed by atoms with van der Waals surface area (Å²) >= 11 is 1.78. The first-order valence-corrected chi connectivity index (χ1v) is 8.38. The van der Waals surface area contributed by atoms with Gasteiger partial charge in [-0.1, -0.05) is 0 Å². The summed E-state index contributed by atoms with van der Waals surface area (Å²) in [6.45, 7) is -0.603. The number of pyridine rings is 1. The van der Waals surface area contributed by atoms with Crippen LogP contribution in [0.2, 0.25) is 0 Å². The number of alkyl halides is 4. The molecule has 0 radical (unpaired) electrons. The van der Waals surface area contributed by atoms with Crippen LogP contribution in [0, 0.1) is 0 Å². The fourth-order valence-corrected chi connectivity index (χ4v) is 2.91. The number of hydrogen-bond acceptors (Lipinski definition) is 5. The Hall–Kier alpha value is -0.970. The first-order chi connectivity index (χ1) is 11.4. The van der Waals surface area contributed by atoms with E-state index in [0.29, 0.717) is 12.1 Å². The number of nitrogens with one attached hydrogen (secondary N) is 2. The van der Waals surface area contributed by atoms with Crippen molar-refractivity contribution in [2.75, 3.05) is 30.0 Å². The normalized spacial score (nSPS) is 17.0. The standard InChI is InChI=1S/C14H17F4N3O2S.2ClH/c15-13(16)14(17,18)8-23-12-2-1-9(6-20-12)21-11(22)5-10-7-24-4-3-19-10;;/h1-2,6,10,13,19H,3-5,7-8H2,(H,21,22);2*1H. The molecule has 26 heavy (non-hydrogen) atoms. The summed E-state index contributed by atoms with van der Waals surface area (Å²) in [7, 11) is 0. The molecule has 150 valence electrons. The predicted molar refractivity (Wildman–Crippen MR) is 97.5 cm³/mol. The van der Waals surface area contributed by atoms with Crippen molar-refractivity contribution >= 4 is 48.2 Å². The summed E-state index contributed by atoms with van der Waals surface area (Å²) in [5.41, 5.74) is 0.372. The topological polar surface area (TPSA) is 63.2 Å². The molecule has 2 heterocycles. The van der Waals surface area contributed by atoms with E-state index in [4.69, 9.17) is 0 Å². The first kappa shape index (κ1) is 25.0. The Labute approximate surface area is 164 Å². The molecule has 1 aromatic rings. The van der Waals surface area contributed by atoms with E-state index in [1.54, 1.807) is 11.8 Å². The van der Waals surface area contributed by atoms with Crippen LogP contribution in [0.15, 0.2) is 18.3 Å². The van der Waals surface area contributed by atoms with Crippen molar-refractivity contribution in [3.05, 3.63) is 18.3 Å². The quantitative estimate of drug-likeness (QED) is 0.638. The summed E-state index contributed by atoms with van der Waals surface area (Å²) in [6.07, 6.45) is -2.27. The number of hydrogen-bond donors (Lipinski definition) is 2. The maximum atomic E-state index is 12.7. The first-order valence-electron chi connectivity index (χ1n) is 7.22. The van der Waals surface area contributed by atoms with Crippen LogP contribution in [-0.2, 0) is 4.79 Å². The van der Waals surface area contributed by atoms with Gasteiger partial charge in [0.1, 0.15) is 0 Å². The molecule has 0 saturated carbocycles. The van der Waals surface area contributed by atoms with E-state index in [9.17, 15) is 22.4 Å². The van der Waals surface area contributed by atoms with E-state index in [2.05, 4.69) is 20.4 Å². The second kappa shape index (κ2) is 11.7. The van der Waals surface area contributed by atoms with Gasteiger partial charge in [0, 0.05) is 36.6 Å². The van der Waals surface area contributed by atoms with Crippen LogP contribution in [0.25, 0.3) is 0 Å². The van der Waals surface area contributed by atoms with Gasteiger partial charge in [0.25, 0.3) is 0 Å². The van der Waals surface area contributed by atoms with Crippen molar-refractivity contribution in [1.29, 1.82) is 0 Å². The molecule has 0 aliphatic carbocycles. The van der Waals surface area contributed by atoms with Gasteiger partial charge in [-0.2, -0.15) is 20.5 Å². The molecule has 2 rings (SSSR count). The van der Waals surface area contributed by atoms with Crippen molar-refractivity contribution in [3.8, 4) is 5.88 Å². The van der Waals surface area contributed by atoms with Gasteiger partial charge in [0.15, 0.2) is 6.61 Å². The maximum absolute atomic E-state index is 12.7. The summed E-state index contributed by atoms with van der Waals surface area (Å²) in [6, 6.07) is 2.74. The third-order valence-electron chi connectivity index (χ3n) is 3.18. The predicted octanol–water partition coefficient (Wildman–Crippen LogP) is 3.24. The minimum absolute atomic E-state index is 0. The molecule has 12 heteroatoms. The zero-order valence-electron chi connectivity index (χ0n) is 13.4. The highest BCUT2D eigenvalue weighted by atomic mass is 35.5. The van der Waals surface area contributed by atoms with Crippen LogP contribution >= 0.6 is 36.6 Å². The van der Waals surface area contributed by atoms with Crippen molar-refractivity contribution < 1.29 is 27.1 Å². The van der Waals surface area contributed by atoms with E-state index in [-0.39, 0.29) is 42.6 Å². The Morgan fingerprint density at radius 1 is 1.42 bits per heavy atom. The molecule has 5 nitrogen and oxygen atoms in total. The van der Waals surface area contributed by atoms with Gasteiger partial charge in [-0.05, 0) is 6.07 Å². The largest absolute Gasteiger partial charge is 0.471 e. The molecule has 0 aromatic carbocycles. The molecule has 1 aliphatic heterocycles. The second-order valence-electron chi connectivity index (χ2n) is 5.21. The third kappa shape index (κ3) is 8.15. The smallest absolute Gasteiger partial charge is 0.340 e. The molecule has 1 fully saturated rings. The summed E-state index contributed by atoms with van der Waals surface area (Å²) in [5, 5.41) is 5.87. The van der Waals surface area contributed by atoms with Gasteiger partial charge < -0.3 is 15.4 Å². The van der Waals surface area contributed by atoms with Gasteiger partial charge >= 0.3 is 12.3 Å². The number of carbonyl (C=O) groups is 1. The fourth-order valence-electron chi connectivity index (χ4n) is 1.96. The highest BCUT2D eigenvalue weighted by molar-refractivity contribution is 7.99. The number of halogens is 6. The molecule has 1 aliphatic rings. The molecule has 2 N–H and O–H groups in total. The number of aromatic nitrogens is 1. The number of anilines is 1. The van der Waals surface area contributed by atoms with Gasteiger partial charge in [0.2, 0.25) is 11.8 Å². The molecule has 1 unspecified atom stereocenters. The van der Waals surface area contributed by atoms with E-state index in [0.717, 1.165) is 18.1 Å². The van der Waals surface area contributed by atoms with E-state index in [1.165, 1.54) is 18.3 Å². The molecule has 0 bridgehead atoms. The van der Waals surface area contributed by atoms with Crippen molar-refractivity contribution in [2.45, 2.75) is 24.8 Å². The fraction of sp³-hybridized carbons (Fsp3) is 0.571. The van der Waals surface area contributed by atoms with Gasteiger partial charge in [-0.25, -0.2) is 13.8 Å². The van der Waals surface area contributed by atoms with Crippen molar-refractivity contribution in [3.63, 3.8) is 0 Å². The molecular weight excluding hydrogens is 421 g/mol. The number of thioether (sulfide) groups is 1. The van der Waals surface area contributed by atoms with Crippen LogP contribution in [0.5, 0.6) is 5.88 Å². The number of amides is 1. The Morgan fingerprint density at radius 3 is 2.69 bits per heavy atom. The van der Waals surface area contributed by atoms with Gasteiger partial charge in [0.05, 0.1) is 11.9 Å². The lowest BCUT2D eigenvalue weighted by Crippen LogP contribution is -2.39. The molecule has 1 atom stereocenters. The SMILES string of the molecule is Cl.Cl.O=C(CC1CSCCN1)Nc1ccc(OCC(F)(F)C(F)F)nc1. The molecule has 1 amide bonds. The molecular formula is C14H19Cl2F4N3O2S. The monoisotopic (exact) mass is 439 g/mol. The second-order valence-corrected chi connectivity index (χ2v) is 6.36. The average molecular weight is 440 g/mol. The Balaban J connectivity index is 0.00000312. The van der Waals surface area contributed by atoms with Crippen molar-refractivity contribution in [2.24, 2.45) is 0 Å². The highest BCUT2D eigenvalue weighted by Gasteiger charge is 2.41. The summed E-state index contributed by atoms with van der Waals surface area (Å²) < 4.78 is 54.0. The minimum atomic E-state index is -4.24. The van der Waals surface area contributed by atoms with Crippen LogP contribution in [0.3, 0.4) is 0 Å². The van der Waals surface area contributed by atoms with Crippen LogP contribution in [0.4, 0.5) is 23.2 Å². The number of carbonyl (C=O) groups excluding carboxylic acids is 1. The van der Waals surface area contributed by atoms with E-state index >= 15 is 0 Å². The van der Waals surface area contributed by atoms with Crippen LogP contribution in [-0.4, -0.2) is 53.9 Å². The number of nitrogens with zero attached hydrogens (tertiary/aromatic N) is 1. The summed E-state index contributed by atoms with van der Waals surface area (Å²) in [4.78, 5) is 15.6. The zero-order chi connectivity index (χ0) is 17.6. The number of rotatable bonds is 7. The lowest BCUT2D eigenvalue weighted by Gasteiger charge is -2.22. The average Bonchev–Trinajstić information content (AvgIpc) is 2.55. The van der Waals surface area contributed by atoms with Gasteiger partial charge in [-0.15, -0.1) is 24.8 Å². The molecule has 1 aromatic heterocycles. The Kier molecular flexibility index (Phi) is 11.2. The third-order valence-corrected chi connectivity index (χ3v) is 4.31. The lowest BCUT2D eigenvalue weighted by atomic mass is 10.2. The lowest BCUT2D eigenvalue weighted by molar-refractivity contribution is -0.148. The van der Waals surface area contributed by atoms with Crippen LogP contribution in [0.1, 0.15) is 6.42 Å². The highest BCUT2D eigenvalue weighted by Crippen LogP contribution is 2.24. The molecule has 1 saturated heterocycles. The van der Waals surface area contributed by atoms with E-state index in [1.807, 2.05) is 0 Å². The summed E-state index contributed by atoms with van der Waals surface area (Å²) in [5.74, 6) is -2.78. The Bertz CT molecular complexity index is 549. The maximum Gasteiger partial charge on any atom is 0.340 e. The number of ether oxygens (including phenoxy) is 1. The Morgan fingerprint density at radius 2 is 2.15 bits per heavy atom. The van der Waals surface area contributed by atoms with Crippen molar-refractivity contribution in [1.82, 2.24) is 10.3 Å². The molecule has 0 spiro atoms. The zero-order valence-corrected chi connectivity index (χ0v) is 15.9.